The molecule has 0 unspecified atom stereocenters. The first kappa shape index (κ1) is 23.0. The third-order valence-electron chi connectivity index (χ3n) is 4.95. The predicted molar refractivity (Wildman–Crippen MR) is 126 cm³/mol. The number of aromatic nitrogens is 3. The van der Waals surface area contributed by atoms with E-state index >= 15 is 0 Å². The summed E-state index contributed by atoms with van der Waals surface area (Å²) in [6.45, 7) is 0. The molecule has 1 aromatic heterocycles. The van der Waals surface area contributed by atoms with Gasteiger partial charge >= 0.3 is 0 Å². The zero-order valence-electron chi connectivity index (χ0n) is 18.3. The number of nitrogens with one attached hydrogen (secondary N) is 1. The fraction of sp³-hybridized carbons (Fsp3) is 0.0870. The lowest BCUT2D eigenvalue weighted by Gasteiger charge is -2.10. The van der Waals surface area contributed by atoms with E-state index in [4.69, 9.17) is 14.6 Å². The van der Waals surface area contributed by atoms with Crippen LogP contribution in [0.1, 0.15) is 10.4 Å². The van der Waals surface area contributed by atoms with E-state index < -0.39 is 10.0 Å². The largest absolute Gasteiger partial charge is 0.497 e. The molecule has 34 heavy (non-hydrogen) atoms. The Balaban J connectivity index is 1.54. The Morgan fingerprint density at radius 3 is 2.26 bits per heavy atom. The summed E-state index contributed by atoms with van der Waals surface area (Å²) in [4.78, 5) is 12.8. The Labute approximate surface area is 196 Å². The van der Waals surface area contributed by atoms with Crippen molar-refractivity contribution in [3.63, 3.8) is 0 Å². The number of hydrogen-bond acceptors (Lipinski definition) is 7. The van der Waals surface area contributed by atoms with Gasteiger partial charge in [-0.3, -0.25) is 4.79 Å². The normalized spacial score (nSPS) is 11.1. The van der Waals surface area contributed by atoms with Crippen LogP contribution in [-0.2, 0) is 10.0 Å². The Hall–Kier alpha value is -4.22. The molecule has 0 radical (unpaired) electrons. The molecule has 0 aliphatic carbocycles. The zero-order valence-corrected chi connectivity index (χ0v) is 19.1. The number of sulfonamides is 1. The number of benzene rings is 3. The highest BCUT2D eigenvalue weighted by molar-refractivity contribution is 7.89. The molecule has 1 amide bonds. The van der Waals surface area contributed by atoms with Crippen molar-refractivity contribution >= 4 is 21.6 Å². The SMILES string of the molecule is COc1cc(OC)cc(C(=O)Nc2cccc(-c3cn(-c4ccc(S(N)(=O)=O)cc4)nn3)c2)c1. The van der Waals surface area contributed by atoms with Gasteiger partial charge in [0.15, 0.2) is 0 Å². The van der Waals surface area contributed by atoms with Crippen molar-refractivity contribution in [1.29, 1.82) is 0 Å². The maximum absolute atomic E-state index is 12.8. The minimum absolute atomic E-state index is 0.00804. The molecule has 174 valence electrons. The molecule has 0 atom stereocenters. The van der Waals surface area contributed by atoms with Gasteiger partial charge in [-0.1, -0.05) is 17.3 Å². The van der Waals surface area contributed by atoms with E-state index in [0.29, 0.717) is 34.1 Å². The number of amides is 1. The van der Waals surface area contributed by atoms with Gasteiger partial charge in [-0.25, -0.2) is 18.2 Å². The Morgan fingerprint density at radius 2 is 1.65 bits per heavy atom. The highest BCUT2D eigenvalue weighted by Crippen LogP contribution is 2.25. The van der Waals surface area contributed by atoms with E-state index in [0.717, 1.165) is 5.56 Å². The van der Waals surface area contributed by atoms with Crippen LogP contribution in [0.3, 0.4) is 0 Å². The van der Waals surface area contributed by atoms with Crippen LogP contribution in [0.4, 0.5) is 5.69 Å². The molecule has 0 saturated carbocycles. The van der Waals surface area contributed by atoms with Gasteiger partial charge in [0.2, 0.25) is 10.0 Å². The Kier molecular flexibility index (Phi) is 6.30. The Morgan fingerprint density at radius 1 is 0.971 bits per heavy atom. The van der Waals surface area contributed by atoms with Crippen molar-refractivity contribution in [2.45, 2.75) is 4.90 Å². The van der Waals surface area contributed by atoms with E-state index in [2.05, 4.69) is 15.6 Å². The van der Waals surface area contributed by atoms with Crippen molar-refractivity contribution < 1.29 is 22.7 Å². The van der Waals surface area contributed by atoms with Gasteiger partial charge in [0.25, 0.3) is 5.91 Å². The summed E-state index contributed by atoms with van der Waals surface area (Å²) in [5.74, 6) is 0.687. The van der Waals surface area contributed by atoms with Gasteiger partial charge in [-0.2, -0.15) is 0 Å². The predicted octanol–water partition coefficient (Wildman–Crippen LogP) is 2.85. The lowest BCUT2D eigenvalue weighted by atomic mass is 10.1. The van der Waals surface area contributed by atoms with E-state index in [1.807, 2.05) is 6.07 Å². The number of carbonyl (C=O) groups is 1. The maximum atomic E-state index is 12.8. The second kappa shape index (κ2) is 9.33. The molecule has 3 aromatic carbocycles. The van der Waals surface area contributed by atoms with Gasteiger partial charge in [-0.05, 0) is 48.5 Å². The summed E-state index contributed by atoms with van der Waals surface area (Å²) in [6, 6.07) is 18.0. The summed E-state index contributed by atoms with van der Waals surface area (Å²) in [6.07, 6.45) is 1.69. The van der Waals surface area contributed by atoms with Gasteiger partial charge in [0.05, 0.1) is 31.0 Å². The number of methoxy groups -OCH3 is 2. The minimum Gasteiger partial charge on any atom is -0.497 e. The van der Waals surface area contributed by atoms with Crippen LogP contribution in [0, 0.1) is 0 Å². The molecule has 4 aromatic rings. The third-order valence-corrected chi connectivity index (χ3v) is 5.88. The molecule has 0 bridgehead atoms. The summed E-state index contributed by atoms with van der Waals surface area (Å²) in [7, 11) is -0.745. The van der Waals surface area contributed by atoms with Crippen LogP contribution < -0.4 is 19.9 Å². The first-order valence-corrected chi connectivity index (χ1v) is 11.5. The third kappa shape index (κ3) is 5.05. The standard InChI is InChI=1S/C23H21N5O5S/c1-32-19-11-16(12-20(13-19)33-2)23(29)25-17-5-3-4-15(10-17)22-14-28(27-26-22)18-6-8-21(9-7-18)34(24,30)31/h3-14H,1-2H3,(H,25,29)(H2,24,30,31). The number of nitrogens with two attached hydrogens (primary N) is 1. The number of rotatable bonds is 7. The lowest BCUT2D eigenvalue weighted by Crippen LogP contribution is -2.12. The van der Waals surface area contributed by atoms with Crippen LogP contribution >= 0.6 is 0 Å². The lowest BCUT2D eigenvalue weighted by molar-refractivity contribution is 0.102. The summed E-state index contributed by atoms with van der Waals surface area (Å²) in [5.41, 5.74) is 2.86. The summed E-state index contributed by atoms with van der Waals surface area (Å²) < 4.78 is 34.8. The maximum Gasteiger partial charge on any atom is 0.255 e. The number of nitrogens with zero attached hydrogens (tertiary/aromatic N) is 3. The monoisotopic (exact) mass is 479 g/mol. The topological polar surface area (TPSA) is 138 Å². The molecular weight excluding hydrogens is 458 g/mol. The molecule has 0 spiro atoms. The summed E-state index contributed by atoms with van der Waals surface area (Å²) >= 11 is 0. The van der Waals surface area contributed by atoms with Crippen LogP contribution in [0.2, 0.25) is 0 Å². The Bertz CT molecular complexity index is 1430. The second-order valence-corrected chi connectivity index (χ2v) is 8.78. The van der Waals surface area contributed by atoms with Crippen LogP contribution in [0.15, 0.2) is 77.8 Å². The highest BCUT2D eigenvalue weighted by Gasteiger charge is 2.13. The highest BCUT2D eigenvalue weighted by atomic mass is 32.2. The van der Waals surface area contributed by atoms with Gasteiger partial charge in [0.1, 0.15) is 17.2 Å². The van der Waals surface area contributed by atoms with Crippen molar-refractivity contribution in [1.82, 2.24) is 15.0 Å². The molecule has 1 heterocycles. The van der Waals surface area contributed by atoms with E-state index in [1.165, 1.54) is 31.0 Å². The molecule has 0 aliphatic heterocycles. The molecule has 0 fully saturated rings. The van der Waals surface area contributed by atoms with Crippen molar-refractivity contribution in [2.75, 3.05) is 19.5 Å². The quantitative estimate of drug-likeness (QED) is 0.416. The molecule has 11 heteroatoms. The van der Waals surface area contributed by atoms with E-state index in [9.17, 15) is 13.2 Å². The molecule has 0 aliphatic rings. The molecule has 4 rings (SSSR count). The van der Waals surface area contributed by atoms with E-state index in [1.54, 1.807) is 54.7 Å². The molecular formula is C23H21N5O5S. The van der Waals surface area contributed by atoms with Gasteiger partial charge < -0.3 is 14.8 Å². The average Bonchev–Trinajstić information content (AvgIpc) is 3.34. The first-order valence-electron chi connectivity index (χ1n) is 9.97. The number of ether oxygens (including phenoxy) is 2. The van der Waals surface area contributed by atoms with Crippen LogP contribution in [0.25, 0.3) is 16.9 Å². The number of carbonyl (C=O) groups excluding carboxylic acids is 1. The minimum atomic E-state index is -3.78. The summed E-state index contributed by atoms with van der Waals surface area (Å²) in [5, 5.41) is 16.3. The van der Waals surface area contributed by atoms with Crippen LogP contribution in [-0.4, -0.2) is 43.5 Å². The van der Waals surface area contributed by atoms with E-state index in [-0.39, 0.29) is 10.8 Å². The fourth-order valence-electron chi connectivity index (χ4n) is 3.21. The van der Waals surface area contributed by atoms with Crippen molar-refractivity contribution in [3.05, 3.63) is 78.5 Å². The molecule has 3 N–H and O–H groups in total. The number of anilines is 1. The molecule has 10 nitrogen and oxygen atoms in total. The zero-order chi connectivity index (χ0) is 24.3. The number of primary sulfonamides is 1. The van der Waals surface area contributed by atoms with Gasteiger partial charge in [0, 0.05) is 22.9 Å². The average molecular weight is 480 g/mol. The van der Waals surface area contributed by atoms with Crippen molar-refractivity contribution in [3.8, 4) is 28.4 Å². The molecule has 0 saturated heterocycles. The fourth-order valence-corrected chi connectivity index (χ4v) is 3.72. The first-order chi connectivity index (χ1) is 16.3. The van der Waals surface area contributed by atoms with Gasteiger partial charge in [-0.15, -0.1) is 5.10 Å². The number of hydrogen-bond donors (Lipinski definition) is 2. The smallest absolute Gasteiger partial charge is 0.255 e. The van der Waals surface area contributed by atoms with Crippen LogP contribution in [0.5, 0.6) is 11.5 Å². The second-order valence-electron chi connectivity index (χ2n) is 7.22. The van der Waals surface area contributed by atoms with Crippen molar-refractivity contribution in [2.24, 2.45) is 5.14 Å².